The van der Waals surface area contributed by atoms with E-state index in [2.05, 4.69) is 11.8 Å². The van der Waals surface area contributed by atoms with Gasteiger partial charge in [0.1, 0.15) is 5.75 Å². The van der Waals surface area contributed by atoms with Crippen LogP contribution in [0.1, 0.15) is 62.6 Å². The van der Waals surface area contributed by atoms with Gasteiger partial charge in [0, 0.05) is 38.1 Å². The van der Waals surface area contributed by atoms with Crippen molar-refractivity contribution in [2.24, 2.45) is 5.92 Å². The minimum absolute atomic E-state index is 0.139. The summed E-state index contributed by atoms with van der Waals surface area (Å²) in [6.45, 7) is 5.84. The van der Waals surface area contributed by atoms with Gasteiger partial charge in [-0.25, -0.2) is 12.7 Å². The largest absolute Gasteiger partial charge is 0.497 e. The van der Waals surface area contributed by atoms with Crippen LogP contribution in [-0.2, 0) is 14.8 Å². The number of carboxylic acid groups (broad SMARTS) is 1. The van der Waals surface area contributed by atoms with Gasteiger partial charge >= 0.3 is 5.97 Å². The molecule has 0 bridgehead atoms. The molecule has 0 saturated carbocycles. The number of ether oxygens (including phenoxy) is 3. The van der Waals surface area contributed by atoms with Crippen LogP contribution >= 0.6 is 0 Å². The molecule has 10 heteroatoms. The summed E-state index contributed by atoms with van der Waals surface area (Å²) in [4.78, 5) is 14.9. The fourth-order valence-electron chi connectivity index (χ4n) is 5.68. The number of methoxy groups -OCH3 is 1. The van der Waals surface area contributed by atoms with E-state index in [4.69, 9.17) is 14.2 Å². The van der Waals surface area contributed by atoms with Crippen LogP contribution in [0.5, 0.6) is 17.2 Å². The maximum atomic E-state index is 13.2. The minimum atomic E-state index is -3.40. The van der Waals surface area contributed by atoms with Crippen LogP contribution in [0, 0.1) is 5.92 Å². The number of likely N-dealkylation sites (tertiary alicyclic amines) is 1. The van der Waals surface area contributed by atoms with Crippen LogP contribution in [0.3, 0.4) is 0 Å². The fraction of sp³-hybridized carbons (Fsp3) is 0.552. The van der Waals surface area contributed by atoms with Crippen molar-refractivity contribution in [1.82, 2.24) is 9.21 Å². The molecule has 1 N–H and O–H groups in total. The summed E-state index contributed by atoms with van der Waals surface area (Å²) >= 11 is 0. The Morgan fingerprint density at radius 1 is 1.03 bits per heavy atom. The van der Waals surface area contributed by atoms with Gasteiger partial charge in [-0.3, -0.25) is 9.69 Å². The first kappa shape index (κ1) is 29.2. The van der Waals surface area contributed by atoms with E-state index in [0.29, 0.717) is 56.3 Å². The summed E-state index contributed by atoms with van der Waals surface area (Å²) in [7, 11) is -1.81. The lowest BCUT2D eigenvalue weighted by atomic mass is 9.82. The van der Waals surface area contributed by atoms with Gasteiger partial charge in [-0.1, -0.05) is 44.9 Å². The van der Waals surface area contributed by atoms with Crippen LogP contribution in [0.4, 0.5) is 0 Å². The van der Waals surface area contributed by atoms with E-state index in [9.17, 15) is 18.3 Å². The average Bonchev–Trinajstić information content (AvgIpc) is 3.55. The van der Waals surface area contributed by atoms with Crippen molar-refractivity contribution in [3.8, 4) is 17.2 Å². The summed E-state index contributed by atoms with van der Waals surface area (Å²) in [6.07, 6.45) is 3.19. The van der Waals surface area contributed by atoms with Gasteiger partial charge in [0.2, 0.25) is 16.8 Å². The number of carboxylic acids is 1. The number of nitrogens with zero attached hydrogens (tertiary/aromatic N) is 2. The molecule has 2 aliphatic heterocycles. The van der Waals surface area contributed by atoms with Crippen LogP contribution < -0.4 is 14.2 Å². The van der Waals surface area contributed by atoms with Crippen molar-refractivity contribution in [2.45, 2.75) is 51.5 Å². The van der Waals surface area contributed by atoms with E-state index in [1.165, 1.54) is 0 Å². The quantitative estimate of drug-likeness (QED) is 0.337. The topological polar surface area (TPSA) is 106 Å². The second-order valence-corrected chi connectivity index (χ2v) is 12.3. The number of sulfonamides is 1. The van der Waals surface area contributed by atoms with Crippen LogP contribution in [0.25, 0.3) is 0 Å². The molecule has 0 radical (unpaired) electrons. The van der Waals surface area contributed by atoms with Crippen molar-refractivity contribution >= 4 is 16.0 Å². The molecular formula is C29H40N2O7S. The molecule has 3 atom stereocenters. The lowest BCUT2D eigenvalue weighted by molar-refractivity contribution is -0.143. The Balaban J connectivity index is 1.64. The smallest absolute Gasteiger partial charge is 0.309 e. The Hall–Kier alpha value is -2.82. The number of carbonyl (C=O) groups is 1. The molecule has 0 aromatic heterocycles. The molecule has 2 aromatic carbocycles. The van der Waals surface area contributed by atoms with E-state index < -0.39 is 28.0 Å². The van der Waals surface area contributed by atoms with Gasteiger partial charge in [-0.05, 0) is 48.2 Å². The Morgan fingerprint density at radius 2 is 1.74 bits per heavy atom. The molecule has 214 valence electrons. The third-order valence-electron chi connectivity index (χ3n) is 7.67. The van der Waals surface area contributed by atoms with Crippen molar-refractivity contribution in [3.63, 3.8) is 0 Å². The number of benzene rings is 2. The predicted octanol–water partition coefficient (Wildman–Crippen LogP) is 4.50. The molecule has 2 aromatic rings. The number of fused-ring (bicyclic) bond motifs is 1. The number of unbranched alkanes of at least 4 members (excludes halogenated alkanes) is 2. The van der Waals surface area contributed by atoms with Crippen molar-refractivity contribution in [1.29, 1.82) is 0 Å². The van der Waals surface area contributed by atoms with Crippen molar-refractivity contribution in [2.75, 3.05) is 45.8 Å². The molecule has 39 heavy (non-hydrogen) atoms. The monoisotopic (exact) mass is 560 g/mol. The molecule has 2 heterocycles. The van der Waals surface area contributed by atoms with Crippen molar-refractivity contribution < 1.29 is 32.5 Å². The summed E-state index contributed by atoms with van der Waals surface area (Å²) in [6, 6.07) is 12.6. The number of hydrogen-bond donors (Lipinski definition) is 1. The average molecular weight is 561 g/mol. The molecule has 2 aliphatic rings. The molecule has 0 amide bonds. The Bertz CT molecular complexity index is 1220. The third-order valence-corrected chi connectivity index (χ3v) is 9.63. The zero-order chi connectivity index (χ0) is 28.0. The van der Waals surface area contributed by atoms with E-state index in [0.717, 1.165) is 24.0 Å². The van der Waals surface area contributed by atoms with Gasteiger partial charge < -0.3 is 19.3 Å². The predicted molar refractivity (Wildman–Crippen MR) is 149 cm³/mol. The van der Waals surface area contributed by atoms with Gasteiger partial charge in [-0.2, -0.15) is 0 Å². The molecule has 0 aliphatic carbocycles. The Labute approximate surface area is 231 Å². The van der Waals surface area contributed by atoms with Crippen LogP contribution in [0.2, 0.25) is 0 Å². The van der Waals surface area contributed by atoms with Crippen LogP contribution in [0.15, 0.2) is 42.5 Å². The van der Waals surface area contributed by atoms with Gasteiger partial charge in [0.25, 0.3) is 0 Å². The number of hydrogen-bond acceptors (Lipinski definition) is 7. The summed E-state index contributed by atoms with van der Waals surface area (Å²) in [5.41, 5.74) is 1.73. The number of aliphatic carboxylic acids is 1. The maximum Gasteiger partial charge on any atom is 0.309 e. The molecule has 4 rings (SSSR count). The van der Waals surface area contributed by atoms with Crippen molar-refractivity contribution in [3.05, 3.63) is 53.6 Å². The standard InChI is InChI=1S/C29H40N2O7S/c1-4-6-7-17-39(34,35)31(14-5-2)16-15-30-19-24(22-10-13-25-26(18-22)38-20-37-25)27(29(32)33)28(30)21-8-11-23(36-3)12-9-21/h8-13,18,24,27-28H,4-7,14-17,19-20H2,1-3H3,(H,32,33)/t24?,27-,28+/m0/s1. The third kappa shape index (κ3) is 6.67. The van der Waals surface area contributed by atoms with E-state index in [1.807, 2.05) is 49.4 Å². The molecule has 1 fully saturated rings. The SMILES string of the molecule is CCCCCS(=O)(=O)N(CCC)CCN1CC(c2ccc3c(c2)OCO3)[C@H](C(=O)O)[C@H]1c1ccc(OC)cc1. The first-order chi connectivity index (χ1) is 18.8. The van der Waals surface area contributed by atoms with E-state index >= 15 is 0 Å². The minimum Gasteiger partial charge on any atom is -0.497 e. The molecule has 1 unspecified atom stereocenters. The summed E-state index contributed by atoms with van der Waals surface area (Å²) in [5.74, 6) is 0.150. The Kier molecular flexibility index (Phi) is 9.74. The lowest BCUT2D eigenvalue weighted by Gasteiger charge is -2.30. The van der Waals surface area contributed by atoms with Gasteiger partial charge in [-0.15, -0.1) is 0 Å². The summed E-state index contributed by atoms with van der Waals surface area (Å²) in [5, 5.41) is 10.5. The van der Waals surface area contributed by atoms with Crippen LogP contribution in [-0.4, -0.2) is 74.5 Å². The zero-order valence-corrected chi connectivity index (χ0v) is 23.9. The number of rotatable bonds is 14. The second kappa shape index (κ2) is 13.0. The summed E-state index contributed by atoms with van der Waals surface area (Å²) < 4.78 is 44.3. The second-order valence-electron chi connectivity index (χ2n) is 10.2. The first-order valence-corrected chi connectivity index (χ1v) is 15.4. The molecular weight excluding hydrogens is 520 g/mol. The zero-order valence-electron chi connectivity index (χ0n) is 23.0. The van der Waals surface area contributed by atoms with E-state index in [1.54, 1.807) is 11.4 Å². The maximum absolute atomic E-state index is 13.2. The lowest BCUT2D eigenvalue weighted by Crippen LogP contribution is -2.40. The highest BCUT2D eigenvalue weighted by molar-refractivity contribution is 7.89. The molecule has 0 spiro atoms. The fourth-order valence-corrected chi connectivity index (χ4v) is 7.33. The molecule has 9 nitrogen and oxygen atoms in total. The normalized spacial score (nSPS) is 21.0. The van der Waals surface area contributed by atoms with E-state index in [-0.39, 0.29) is 18.5 Å². The highest BCUT2D eigenvalue weighted by atomic mass is 32.2. The molecule has 1 saturated heterocycles. The van der Waals surface area contributed by atoms with Gasteiger partial charge in [0.05, 0.1) is 18.8 Å². The Morgan fingerprint density at radius 3 is 2.41 bits per heavy atom. The highest BCUT2D eigenvalue weighted by Gasteiger charge is 2.47. The van der Waals surface area contributed by atoms with Gasteiger partial charge in [0.15, 0.2) is 11.5 Å². The highest BCUT2D eigenvalue weighted by Crippen LogP contribution is 2.47. The first-order valence-electron chi connectivity index (χ1n) is 13.8.